The molecule has 0 unspecified atom stereocenters. The fourth-order valence-corrected chi connectivity index (χ4v) is 2.41. The van der Waals surface area contributed by atoms with Gasteiger partial charge < -0.3 is 14.6 Å². The predicted molar refractivity (Wildman–Crippen MR) is 72.7 cm³/mol. The molecule has 0 aliphatic carbocycles. The van der Waals surface area contributed by atoms with Gasteiger partial charge in [-0.15, -0.1) is 0 Å². The van der Waals surface area contributed by atoms with Crippen molar-refractivity contribution in [2.45, 2.75) is 18.4 Å². The van der Waals surface area contributed by atoms with E-state index in [9.17, 15) is 4.79 Å². The molecule has 21 heavy (non-hydrogen) atoms. The Balaban J connectivity index is 1.85. The smallest absolute Gasteiger partial charge is 0.270 e. The highest BCUT2D eigenvalue weighted by atomic mass is 35.5. The fraction of sp³-hybridized carbons (Fsp3) is 0.385. The molecule has 3 rings (SSSR count). The lowest BCUT2D eigenvalue weighted by Crippen LogP contribution is -2.50. The molecule has 1 saturated heterocycles. The van der Waals surface area contributed by atoms with Crippen LogP contribution in [0.3, 0.4) is 0 Å². The van der Waals surface area contributed by atoms with Gasteiger partial charge in [0.25, 0.3) is 5.91 Å². The lowest BCUT2D eigenvalue weighted by atomic mass is 9.89. The van der Waals surface area contributed by atoms with E-state index in [0.717, 1.165) is 0 Å². The Morgan fingerprint density at radius 3 is 2.71 bits per heavy atom. The Kier molecular flexibility index (Phi) is 3.85. The van der Waals surface area contributed by atoms with E-state index in [4.69, 9.17) is 20.9 Å². The van der Waals surface area contributed by atoms with Crippen molar-refractivity contribution in [3.05, 3.63) is 41.3 Å². The van der Waals surface area contributed by atoms with Gasteiger partial charge >= 0.3 is 0 Å². The molecule has 0 aromatic carbocycles. The number of hydrogen-bond acceptors (Lipinski definition) is 6. The Morgan fingerprint density at radius 1 is 1.29 bits per heavy atom. The van der Waals surface area contributed by atoms with Gasteiger partial charge in [0.05, 0.1) is 5.02 Å². The number of pyridine rings is 1. The Labute approximate surface area is 125 Å². The molecule has 2 aromatic heterocycles. The van der Waals surface area contributed by atoms with Crippen LogP contribution in [-0.2, 0) is 10.3 Å². The second kappa shape index (κ2) is 5.79. The summed E-state index contributed by atoms with van der Waals surface area (Å²) in [5.74, 6) is 0.145. The van der Waals surface area contributed by atoms with Crippen LogP contribution < -0.4 is 5.32 Å². The van der Waals surface area contributed by atoms with Crippen LogP contribution in [-0.4, -0.2) is 34.2 Å². The van der Waals surface area contributed by atoms with E-state index in [0.29, 0.717) is 36.9 Å². The van der Waals surface area contributed by atoms with Crippen LogP contribution in [0.1, 0.15) is 29.2 Å². The molecular formula is C13H13ClN4O3. The second-order valence-electron chi connectivity index (χ2n) is 4.77. The Bertz CT molecular complexity index is 609. The van der Waals surface area contributed by atoms with E-state index in [2.05, 4.69) is 20.4 Å². The van der Waals surface area contributed by atoms with Crippen LogP contribution in [0.4, 0.5) is 0 Å². The first-order valence-electron chi connectivity index (χ1n) is 6.48. The van der Waals surface area contributed by atoms with Gasteiger partial charge in [-0.25, -0.2) is 4.98 Å². The van der Waals surface area contributed by atoms with Gasteiger partial charge in [0, 0.05) is 32.3 Å². The first-order chi connectivity index (χ1) is 10.2. The van der Waals surface area contributed by atoms with Crippen LogP contribution in [0.25, 0.3) is 0 Å². The van der Waals surface area contributed by atoms with E-state index in [1.807, 2.05) is 0 Å². The van der Waals surface area contributed by atoms with Crippen LogP contribution in [0.2, 0.25) is 5.02 Å². The molecule has 2 aromatic rings. The third-order valence-corrected chi connectivity index (χ3v) is 3.67. The second-order valence-corrected chi connectivity index (χ2v) is 5.20. The quantitative estimate of drug-likeness (QED) is 0.925. The molecule has 0 saturated carbocycles. The average molecular weight is 309 g/mol. The third-order valence-electron chi connectivity index (χ3n) is 3.45. The summed E-state index contributed by atoms with van der Waals surface area (Å²) in [5, 5.41) is 7.31. The van der Waals surface area contributed by atoms with Crippen molar-refractivity contribution in [2.24, 2.45) is 0 Å². The first kappa shape index (κ1) is 14.0. The summed E-state index contributed by atoms with van der Waals surface area (Å²) in [4.78, 5) is 20.5. The third kappa shape index (κ3) is 2.88. The van der Waals surface area contributed by atoms with E-state index in [1.165, 1.54) is 12.6 Å². The summed E-state index contributed by atoms with van der Waals surface area (Å²) in [7, 11) is 0. The highest BCUT2D eigenvalue weighted by Crippen LogP contribution is 2.30. The monoisotopic (exact) mass is 308 g/mol. The van der Waals surface area contributed by atoms with Crippen molar-refractivity contribution in [2.75, 3.05) is 13.2 Å². The van der Waals surface area contributed by atoms with Gasteiger partial charge in [0.1, 0.15) is 11.2 Å². The first-order valence-corrected chi connectivity index (χ1v) is 6.86. The number of nitrogens with one attached hydrogen (secondary N) is 1. The minimum atomic E-state index is -0.691. The van der Waals surface area contributed by atoms with Crippen LogP contribution >= 0.6 is 11.6 Å². The van der Waals surface area contributed by atoms with Gasteiger partial charge in [-0.1, -0.05) is 16.8 Å². The molecule has 1 amide bonds. The zero-order valence-electron chi connectivity index (χ0n) is 11.1. The Hall–Kier alpha value is -1.99. The summed E-state index contributed by atoms with van der Waals surface area (Å²) in [5.41, 5.74) is -0.405. The lowest BCUT2D eigenvalue weighted by molar-refractivity contribution is 0.0304. The molecule has 7 nitrogen and oxygen atoms in total. The van der Waals surface area contributed by atoms with Crippen molar-refractivity contribution < 1.29 is 14.1 Å². The van der Waals surface area contributed by atoms with Gasteiger partial charge in [0.15, 0.2) is 5.82 Å². The van der Waals surface area contributed by atoms with E-state index < -0.39 is 5.54 Å². The van der Waals surface area contributed by atoms with Crippen molar-refractivity contribution in [1.82, 2.24) is 20.4 Å². The number of ether oxygens (including phenoxy) is 1. The van der Waals surface area contributed by atoms with Crippen LogP contribution in [0, 0.1) is 0 Å². The number of aromatic nitrogens is 3. The van der Waals surface area contributed by atoms with Gasteiger partial charge in [-0.2, -0.15) is 4.98 Å². The molecule has 3 heterocycles. The molecule has 0 atom stereocenters. The van der Waals surface area contributed by atoms with Crippen LogP contribution in [0.15, 0.2) is 29.2 Å². The number of carbonyl (C=O) groups is 1. The van der Waals surface area contributed by atoms with Gasteiger partial charge in [0.2, 0.25) is 6.39 Å². The van der Waals surface area contributed by atoms with Crippen molar-refractivity contribution in [3.63, 3.8) is 0 Å². The maximum Gasteiger partial charge on any atom is 0.270 e. The largest absolute Gasteiger partial charge is 0.381 e. The molecule has 0 spiro atoms. The molecule has 1 fully saturated rings. The molecule has 110 valence electrons. The summed E-state index contributed by atoms with van der Waals surface area (Å²) in [6, 6.07) is 3.19. The lowest BCUT2D eigenvalue weighted by Gasteiger charge is -2.34. The number of halogens is 1. The van der Waals surface area contributed by atoms with Gasteiger partial charge in [-0.05, 0) is 12.1 Å². The zero-order chi connectivity index (χ0) is 14.7. The van der Waals surface area contributed by atoms with Crippen molar-refractivity contribution in [3.8, 4) is 0 Å². The summed E-state index contributed by atoms with van der Waals surface area (Å²) < 4.78 is 10.2. The Morgan fingerprint density at radius 2 is 2.10 bits per heavy atom. The SMILES string of the molecule is O=C(NC1(c2ncon2)CCOCC1)c1ccc(Cl)cn1. The number of carbonyl (C=O) groups excluding carboxylic acids is 1. The standard InChI is InChI=1S/C13H13ClN4O3/c14-9-1-2-10(15-7-9)11(19)17-13(3-5-20-6-4-13)12-16-8-21-18-12/h1-2,7-8H,3-6H2,(H,17,19). The number of hydrogen-bond donors (Lipinski definition) is 1. The van der Waals surface area contributed by atoms with Crippen molar-refractivity contribution in [1.29, 1.82) is 0 Å². The number of nitrogens with zero attached hydrogens (tertiary/aromatic N) is 3. The molecular weight excluding hydrogens is 296 g/mol. The highest BCUT2D eigenvalue weighted by Gasteiger charge is 2.40. The highest BCUT2D eigenvalue weighted by molar-refractivity contribution is 6.30. The fourth-order valence-electron chi connectivity index (χ4n) is 2.30. The minimum Gasteiger partial charge on any atom is -0.381 e. The molecule has 0 bridgehead atoms. The summed E-state index contributed by atoms with van der Waals surface area (Å²) in [6.07, 6.45) is 3.83. The average Bonchev–Trinajstić information content (AvgIpc) is 3.04. The zero-order valence-corrected chi connectivity index (χ0v) is 11.8. The number of amides is 1. The molecule has 0 radical (unpaired) electrons. The van der Waals surface area contributed by atoms with E-state index in [-0.39, 0.29) is 11.6 Å². The maximum absolute atomic E-state index is 12.4. The van der Waals surface area contributed by atoms with E-state index >= 15 is 0 Å². The normalized spacial score (nSPS) is 17.4. The topological polar surface area (TPSA) is 90.1 Å². The number of rotatable bonds is 3. The maximum atomic E-state index is 12.4. The van der Waals surface area contributed by atoms with Crippen molar-refractivity contribution >= 4 is 17.5 Å². The van der Waals surface area contributed by atoms with Gasteiger partial charge in [-0.3, -0.25) is 4.79 Å². The minimum absolute atomic E-state index is 0.286. The summed E-state index contributed by atoms with van der Waals surface area (Å²) in [6.45, 7) is 1.03. The predicted octanol–water partition coefficient (Wildman–Crippen LogP) is 1.55. The summed E-state index contributed by atoms with van der Waals surface area (Å²) >= 11 is 5.77. The van der Waals surface area contributed by atoms with E-state index in [1.54, 1.807) is 12.1 Å². The molecule has 1 aliphatic heterocycles. The van der Waals surface area contributed by atoms with Crippen LogP contribution in [0.5, 0.6) is 0 Å². The molecule has 8 heteroatoms. The molecule has 1 aliphatic rings. The molecule has 1 N–H and O–H groups in total.